The van der Waals surface area contributed by atoms with E-state index in [1.807, 2.05) is 24.3 Å². The number of nitrogens with zero attached hydrogens (tertiary/aromatic N) is 2. The van der Waals surface area contributed by atoms with Gasteiger partial charge in [-0.15, -0.1) is 0 Å². The zero-order chi connectivity index (χ0) is 19.3. The third kappa shape index (κ3) is 5.09. The minimum Gasteiger partial charge on any atom is -0.399 e. The summed E-state index contributed by atoms with van der Waals surface area (Å²) in [6.07, 6.45) is -2.19. The molecule has 142 valence electrons. The first kappa shape index (κ1) is 20.0. The standard InChI is InChI=1S/C19H28N4O3/c1-13(24)22(14(2)25)12-11-19(26)23(17-7-3-15(20)4-8-17)18-9-5-16(21)6-10-18/h3-10,13-14,19,24-26H,11-12,20-21H2,1-2H3. The predicted molar refractivity (Wildman–Crippen MR) is 105 cm³/mol. The van der Waals surface area contributed by atoms with E-state index in [-0.39, 0.29) is 0 Å². The summed E-state index contributed by atoms with van der Waals surface area (Å²) in [5.74, 6) is 0. The van der Waals surface area contributed by atoms with Crippen molar-refractivity contribution >= 4 is 22.7 Å². The Morgan fingerprint density at radius 2 is 1.15 bits per heavy atom. The van der Waals surface area contributed by atoms with Gasteiger partial charge in [-0.2, -0.15) is 0 Å². The van der Waals surface area contributed by atoms with Crippen molar-refractivity contribution in [2.24, 2.45) is 0 Å². The quantitative estimate of drug-likeness (QED) is 0.359. The fourth-order valence-corrected chi connectivity index (χ4v) is 2.84. The van der Waals surface area contributed by atoms with Gasteiger partial charge >= 0.3 is 0 Å². The first-order valence-corrected chi connectivity index (χ1v) is 8.60. The van der Waals surface area contributed by atoms with Crippen molar-refractivity contribution < 1.29 is 15.3 Å². The molecule has 7 nitrogen and oxygen atoms in total. The Bertz CT molecular complexity index is 621. The first-order valence-electron chi connectivity index (χ1n) is 8.60. The Hall–Kier alpha value is -2.32. The van der Waals surface area contributed by atoms with Crippen molar-refractivity contribution in [3.05, 3.63) is 48.5 Å². The molecule has 0 heterocycles. The van der Waals surface area contributed by atoms with E-state index >= 15 is 0 Å². The van der Waals surface area contributed by atoms with Crippen LogP contribution in [-0.2, 0) is 0 Å². The van der Waals surface area contributed by atoms with Gasteiger partial charge in [-0.05, 0) is 62.4 Å². The number of nitrogen functional groups attached to an aromatic ring is 2. The molecular formula is C19H28N4O3. The molecule has 0 spiro atoms. The molecule has 0 radical (unpaired) electrons. The lowest BCUT2D eigenvalue weighted by Gasteiger charge is -2.33. The van der Waals surface area contributed by atoms with E-state index in [4.69, 9.17) is 11.5 Å². The van der Waals surface area contributed by atoms with E-state index in [1.54, 1.807) is 43.0 Å². The molecule has 7 N–H and O–H groups in total. The highest BCUT2D eigenvalue weighted by molar-refractivity contribution is 5.66. The van der Waals surface area contributed by atoms with Gasteiger partial charge in [-0.3, -0.25) is 4.90 Å². The summed E-state index contributed by atoms with van der Waals surface area (Å²) in [5, 5.41) is 30.4. The average Bonchev–Trinajstić information content (AvgIpc) is 2.58. The lowest BCUT2D eigenvalue weighted by molar-refractivity contribution is -0.0879. The molecular weight excluding hydrogens is 332 g/mol. The summed E-state index contributed by atoms with van der Waals surface area (Å²) in [5.41, 5.74) is 14.4. The van der Waals surface area contributed by atoms with Crippen LogP contribution >= 0.6 is 0 Å². The van der Waals surface area contributed by atoms with Crippen LogP contribution in [0.25, 0.3) is 0 Å². The van der Waals surface area contributed by atoms with Gasteiger partial charge in [-0.1, -0.05) is 0 Å². The number of nitrogens with two attached hydrogens (primary N) is 2. The van der Waals surface area contributed by atoms with Gasteiger partial charge in [0.25, 0.3) is 0 Å². The summed E-state index contributed by atoms with van der Waals surface area (Å²) in [6.45, 7) is 3.48. The number of hydrogen-bond donors (Lipinski definition) is 5. The Labute approximate surface area is 154 Å². The van der Waals surface area contributed by atoms with Crippen molar-refractivity contribution in [2.75, 3.05) is 22.9 Å². The van der Waals surface area contributed by atoms with Crippen LogP contribution in [0.1, 0.15) is 20.3 Å². The maximum atomic E-state index is 10.8. The summed E-state index contributed by atoms with van der Waals surface area (Å²) < 4.78 is 0. The molecule has 0 aliphatic carbocycles. The molecule has 0 aliphatic rings. The van der Waals surface area contributed by atoms with Gasteiger partial charge in [0.1, 0.15) is 18.7 Å². The van der Waals surface area contributed by atoms with Crippen LogP contribution in [0.2, 0.25) is 0 Å². The average molecular weight is 360 g/mol. The van der Waals surface area contributed by atoms with E-state index in [2.05, 4.69) is 0 Å². The number of anilines is 4. The molecule has 0 fully saturated rings. The number of aliphatic hydroxyl groups is 3. The van der Waals surface area contributed by atoms with Crippen molar-refractivity contribution in [1.82, 2.24) is 4.90 Å². The SMILES string of the molecule is CC(O)N(CCC(O)N(c1ccc(N)cc1)c1ccc(N)cc1)C(C)O. The highest BCUT2D eigenvalue weighted by Crippen LogP contribution is 2.29. The van der Waals surface area contributed by atoms with Crippen molar-refractivity contribution in [3.63, 3.8) is 0 Å². The smallest absolute Gasteiger partial charge is 0.132 e. The molecule has 0 bridgehead atoms. The Morgan fingerprint density at radius 1 is 0.769 bits per heavy atom. The van der Waals surface area contributed by atoms with Crippen LogP contribution in [-0.4, -0.2) is 45.4 Å². The van der Waals surface area contributed by atoms with Crippen LogP contribution in [0, 0.1) is 0 Å². The fourth-order valence-electron chi connectivity index (χ4n) is 2.84. The molecule has 0 amide bonds. The Balaban J connectivity index is 2.25. The number of aliphatic hydroxyl groups excluding tert-OH is 3. The number of rotatable bonds is 8. The summed E-state index contributed by atoms with van der Waals surface area (Å²) in [6, 6.07) is 14.4. The minimum absolute atomic E-state index is 0.310. The molecule has 0 saturated carbocycles. The maximum absolute atomic E-state index is 10.8. The third-order valence-corrected chi connectivity index (χ3v) is 4.25. The predicted octanol–water partition coefficient (Wildman–Crippen LogP) is 1.68. The molecule has 2 rings (SSSR count). The second kappa shape index (κ2) is 8.86. The first-order chi connectivity index (χ1) is 12.3. The monoisotopic (exact) mass is 360 g/mol. The second-order valence-corrected chi connectivity index (χ2v) is 6.32. The maximum Gasteiger partial charge on any atom is 0.132 e. The van der Waals surface area contributed by atoms with Gasteiger partial charge < -0.3 is 31.7 Å². The van der Waals surface area contributed by atoms with Crippen molar-refractivity contribution in [2.45, 2.75) is 39.0 Å². The lowest BCUT2D eigenvalue weighted by atomic mass is 10.2. The second-order valence-electron chi connectivity index (χ2n) is 6.32. The van der Waals surface area contributed by atoms with Gasteiger partial charge in [0.15, 0.2) is 0 Å². The largest absolute Gasteiger partial charge is 0.399 e. The molecule has 26 heavy (non-hydrogen) atoms. The van der Waals surface area contributed by atoms with Gasteiger partial charge in [0.2, 0.25) is 0 Å². The fraction of sp³-hybridized carbons (Fsp3) is 0.368. The third-order valence-electron chi connectivity index (χ3n) is 4.25. The van der Waals surface area contributed by atoms with E-state index < -0.39 is 18.7 Å². The van der Waals surface area contributed by atoms with Crippen molar-refractivity contribution in [3.8, 4) is 0 Å². The highest BCUT2D eigenvalue weighted by Gasteiger charge is 2.22. The van der Waals surface area contributed by atoms with Crippen LogP contribution in [0.4, 0.5) is 22.7 Å². The summed E-state index contributed by atoms with van der Waals surface area (Å²) >= 11 is 0. The molecule has 0 aromatic heterocycles. The van der Waals surface area contributed by atoms with E-state index in [9.17, 15) is 15.3 Å². The molecule has 2 aromatic rings. The van der Waals surface area contributed by atoms with Gasteiger partial charge in [0, 0.05) is 35.7 Å². The topological polar surface area (TPSA) is 119 Å². The van der Waals surface area contributed by atoms with Gasteiger partial charge in [-0.25, -0.2) is 0 Å². The highest BCUT2D eigenvalue weighted by atomic mass is 16.3. The molecule has 0 saturated heterocycles. The van der Waals surface area contributed by atoms with Crippen LogP contribution in [0.15, 0.2) is 48.5 Å². The molecule has 3 atom stereocenters. The molecule has 0 aliphatic heterocycles. The van der Waals surface area contributed by atoms with Gasteiger partial charge in [0.05, 0.1) is 0 Å². The Kier molecular flexibility index (Phi) is 6.82. The van der Waals surface area contributed by atoms with Crippen molar-refractivity contribution in [1.29, 1.82) is 0 Å². The van der Waals surface area contributed by atoms with E-state index in [0.717, 1.165) is 11.4 Å². The normalized spacial score (nSPS) is 14.8. The summed E-state index contributed by atoms with van der Waals surface area (Å²) in [4.78, 5) is 3.26. The van der Waals surface area contributed by atoms with E-state index in [1.165, 1.54) is 4.90 Å². The minimum atomic E-state index is -0.873. The zero-order valence-corrected chi connectivity index (χ0v) is 15.2. The lowest BCUT2D eigenvalue weighted by Crippen LogP contribution is -2.43. The van der Waals surface area contributed by atoms with Crippen LogP contribution < -0.4 is 16.4 Å². The molecule has 2 aromatic carbocycles. The zero-order valence-electron chi connectivity index (χ0n) is 15.2. The molecule has 7 heteroatoms. The summed E-state index contributed by atoms with van der Waals surface area (Å²) in [7, 11) is 0. The van der Waals surface area contributed by atoms with E-state index in [0.29, 0.717) is 24.3 Å². The number of hydrogen-bond acceptors (Lipinski definition) is 7. The Morgan fingerprint density at radius 3 is 1.50 bits per heavy atom. The van der Waals surface area contributed by atoms with Crippen LogP contribution in [0.5, 0.6) is 0 Å². The molecule has 3 unspecified atom stereocenters. The van der Waals surface area contributed by atoms with Crippen LogP contribution in [0.3, 0.4) is 0 Å². The number of benzene rings is 2.